The van der Waals surface area contributed by atoms with E-state index >= 15 is 0 Å². The summed E-state index contributed by atoms with van der Waals surface area (Å²) in [5, 5.41) is 11.2. The van der Waals surface area contributed by atoms with Crippen LogP contribution in [0.3, 0.4) is 0 Å². The Morgan fingerprint density at radius 3 is 1.77 bits per heavy atom. The van der Waals surface area contributed by atoms with Crippen LogP contribution in [0.5, 0.6) is 0 Å². The van der Waals surface area contributed by atoms with E-state index in [1.165, 1.54) is 116 Å². The minimum Gasteiger partial charge on any atom is -0.544 e. The molecule has 0 radical (unpaired) electrons. The van der Waals surface area contributed by atoms with Crippen LogP contribution in [0.4, 0.5) is 0 Å². The van der Waals surface area contributed by atoms with E-state index in [1.807, 2.05) is 6.92 Å². The molecule has 0 bridgehead atoms. The molecule has 0 aromatic heterocycles. The van der Waals surface area contributed by atoms with E-state index in [1.54, 1.807) is 12.4 Å². The average molecular weight is 490 g/mol. The average Bonchev–Trinajstić information content (AvgIpc) is 3.23. The van der Waals surface area contributed by atoms with E-state index < -0.39 is 5.97 Å². The second-order valence-electron chi connectivity index (χ2n) is 10.5. The van der Waals surface area contributed by atoms with E-state index in [2.05, 4.69) is 24.1 Å². The van der Waals surface area contributed by atoms with Crippen molar-refractivity contribution >= 4 is 11.8 Å². The Balaban J connectivity index is 1.88. The Morgan fingerprint density at radius 2 is 1.31 bits per heavy atom. The molecule has 5 nitrogen and oxygen atoms in total. The van der Waals surface area contributed by atoms with Gasteiger partial charge in [-0.05, 0) is 25.7 Å². The summed E-state index contributed by atoms with van der Waals surface area (Å²) in [6, 6.07) is 0. The number of quaternary nitrogens is 1. The van der Waals surface area contributed by atoms with Crippen molar-refractivity contribution in [2.75, 3.05) is 6.54 Å². The van der Waals surface area contributed by atoms with Crippen molar-refractivity contribution in [2.24, 2.45) is 10.7 Å². The van der Waals surface area contributed by atoms with Gasteiger partial charge in [0.15, 0.2) is 0 Å². The molecular weight excluding hydrogens is 434 g/mol. The first kappa shape index (κ1) is 31.6. The van der Waals surface area contributed by atoms with Crippen molar-refractivity contribution in [1.29, 1.82) is 0 Å². The molecule has 0 saturated carbocycles. The number of carbonyl (C=O) groups is 1. The molecule has 5 heteroatoms. The topological polar surface area (TPSA) is 78.5 Å². The number of hydrogen-bond acceptors (Lipinski definition) is 4. The zero-order valence-corrected chi connectivity index (χ0v) is 23.0. The summed E-state index contributed by atoms with van der Waals surface area (Å²) in [6.45, 7) is 3.96. The lowest BCUT2D eigenvalue weighted by Gasteiger charge is -2.36. The van der Waals surface area contributed by atoms with Gasteiger partial charge in [0.05, 0.1) is 12.2 Å². The van der Waals surface area contributed by atoms with E-state index in [9.17, 15) is 9.90 Å². The molecule has 0 aliphatic carbocycles. The summed E-state index contributed by atoms with van der Waals surface area (Å²) in [6.07, 6.45) is 33.9. The van der Waals surface area contributed by atoms with Gasteiger partial charge in [-0.25, -0.2) is 9.48 Å². The predicted octanol–water partition coefficient (Wildman–Crippen LogP) is 7.12. The van der Waals surface area contributed by atoms with Crippen LogP contribution < -0.4 is 10.8 Å². The zero-order chi connectivity index (χ0) is 25.6. The number of aliphatic carboxylic acids is 1. The van der Waals surface area contributed by atoms with Gasteiger partial charge in [0.1, 0.15) is 18.9 Å². The molecule has 0 saturated heterocycles. The molecule has 2 unspecified atom stereocenters. The number of nitrogens with zero attached hydrogens (tertiary/aromatic N) is 2. The van der Waals surface area contributed by atoms with Crippen molar-refractivity contribution in [3.05, 3.63) is 24.6 Å². The standard InChI is InChI=1S/C30H55N3O2/c1-3-4-5-6-7-8-9-10-11-12-13-14-15-16-17-18-19-20-21-22-23-24-29-32-25-26-33(29,28(2)31)27-30(34)35/h6-7,25-26,28H,3-5,8-24,27,31H2,1-2H3/b7-6+. The monoisotopic (exact) mass is 489 g/mol. The normalized spacial score (nSPS) is 18.4. The van der Waals surface area contributed by atoms with Crippen molar-refractivity contribution in [3.63, 3.8) is 0 Å². The van der Waals surface area contributed by atoms with Crippen LogP contribution in [0.1, 0.15) is 142 Å². The fourth-order valence-corrected chi connectivity index (χ4v) is 4.98. The number of allylic oxidation sites excluding steroid dienone is 2. The number of aliphatic imine (C=N–C) groups is 1. The van der Waals surface area contributed by atoms with E-state index in [0.717, 1.165) is 18.7 Å². The Bertz CT molecular complexity index is 627. The number of carboxylic acid groups (broad SMARTS) is 1. The molecule has 202 valence electrons. The van der Waals surface area contributed by atoms with Crippen LogP contribution in [-0.2, 0) is 4.79 Å². The predicted molar refractivity (Wildman–Crippen MR) is 148 cm³/mol. The van der Waals surface area contributed by atoms with E-state index in [4.69, 9.17) is 5.73 Å². The van der Waals surface area contributed by atoms with Gasteiger partial charge in [-0.1, -0.05) is 115 Å². The molecular formula is C30H55N3O2. The third kappa shape index (κ3) is 14.6. The largest absolute Gasteiger partial charge is 0.544 e. The van der Waals surface area contributed by atoms with Crippen LogP contribution >= 0.6 is 0 Å². The van der Waals surface area contributed by atoms with E-state index in [-0.39, 0.29) is 17.2 Å². The van der Waals surface area contributed by atoms with Gasteiger partial charge in [0.25, 0.3) is 0 Å². The Morgan fingerprint density at radius 1 is 0.857 bits per heavy atom. The highest BCUT2D eigenvalue weighted by Gasteiger charge is 2.38. The summed E-state index contributed by atoms with van der Waals surface area (Å²) in [5.74, 6) is -0.225. The van der Waals surface area contributed by atoms with Gasteiger partial charge in [0, 0.05) is 13.3 Å². The molecule has 0 amide bonds. The second-order valence-corrected chi connectivity index (χ2v) is 10.5. The summed E-state index contributed by atoms with van der Waals surface area (Å²) < 4.78 is 0.110. The Hall–Kier alpha value is -1.46. The maximum absolute atomic E-state index is 11.2. The number of nitrogens with two attached hydrogens (primary N) is 1. The molecule has 2 atom stereocenters. The first-order valence-corrected chi connectivity index (χ1v) is 14.8. The van der Waals surface area contributed by atoms with Gasteiger partial charge < -0.3 is 9.90 Å². The first-order chi connectivity index (χ1) is 17.0. The Labute approximate surface area is 216 Å². The number of carboxylic acids is 1. The van der Waals surface area contributed by atoms with E-state index in [0.29, 0.717) is 0 Å². The molecule has 1 rings (SSSR count). The molecule has 35 heavy (non-hydrogen) atoms. The summed E-state index contributed by atoms with van der Waals surface area (Å²) in [4.78, 5) is 15.6. The molecule has 0 spiro atoms. The van der Waals surface area contributed by atoms with Crippen LogP contribution in [0.25, 0.3) is 0 Å². The highest BCUT2D eigenvalue weighted by molar-refractivity contribution is 5.81. The minimum atomic E-state index is -1.08. The minimum absolute atomic E-state index is 0.110. The molecule has 2 N–H and O–H groups in total. The molecule has 1 heterocycles. The maximum Gasteiger partial charge on any atom is 0.209 e. The lowest BCUT2D eigenvalue weighted by Crippen LogP contribution is -2.60. The number of unbranched alkanes of at least 4 members (excludes halogenated alkanes) is 17. The second kappa shape index (κ2) is 20.7. The number of carbonyl (C=O) groups excluding carboxylic acids is 1. The van der Waals surface area contributed by atoms with Gasteiger partial charge >= 0.3 is 0 Å². The highest BCUT2D eigenvalue weighted by Crippen LogP contribution is 2.23. The third-order valence-electron chi connectivity index (χ3n) is 7.32. The van der Waals surface area contributed by atoms with Gasteiger partial charge in [0.2, 0.25) is 5.84 Å². The lowest BCUT2D eigenvalue weighted by atomic mass is 10.0. The van der Waals surface area contributed by atoms with Crippen LogP contribution in [-0.4, -0.2) is 29.0 Å². The Kier molecular flexibility index (Phi) is 18.7. The fourth-order valence-electron chi connectivity index (χ4n) is 4.98. The van der Waals surface area contributed by atoms with Gasteiger partial charge in [-0.15, -0.1) is 0 Å². The third-order valence-corrected chi connectivity index (χ3v) is 7.32. The van der Waals surface area contributed by atoms with Gasteiger partial charge in [-0.3, -0.25) is 5.73 Å². The summed E-state index contributed by atoms with van der Waals surface area (Å²) >= 11 is 0. The van der Waals surface area contributed by atoms with Crippen molar-refractivity contribution < 1.29 is 14.4 Å². The van der Waals surface area contributed by atoms with Gasteiger partial charge in [-0.2, -0.15) is 0 Å². The summed E-state index contributed by atoms with van der Waals surface area (Å²) in [7, 11) is 0. The molecule has 0 aromatic carbocycles. The SMILES string of the molecule is CCCC/C=C/CCCCCCCCCCCCCCCCCC1=NC=C[N+]1(CC(=O)[O-])C(C)N. The first-order valence-electron chi connectivity index (χ1n) is 14.8. The number of rotatable bonds is 24. The maximum atomic E-state index is 11.2. The number of hydrogen-bond donors (Lipinski definition) is 1. The zero-order valence-electron chi connectivity index (χ0n) is 23.0. The molecule has 1 aliphatic rings. The summed E-state index contributed by atoms with van der Waals surface area (Å²) in [5.41, 5.74) is 6.10. The molecule has 0 fully saturated rings. The highest BCUT2D eigenvalue weighted by atomic mass is 16.4. The van der Waals surface area contributed by atoms with Crippen LogP contribution in [0.2, 0.25) is 0 Å². The molecule has 1 aliphatic heterocycles. The smallest absolute Gasteiger partial charge is 0.209 e. The molecule has 0 aromatic rings. The van der Waals surface area contributed by atoms with Crippen molar-refractivity contribution in [3.8, 4) is 0 Å². The quantitative estimate of drug-likeness (QED) is 0.0890. The number of amidine groups is 1. The lowest BCUT2D eigenvalue weighted by molar-refractivity contribution is -0.808. The van der Waals surface area contributed by atoms with Crippen LogP contribution in [0.15, 0.2) is 29.5 Å². The van der Waals surface area contributed by atoms with Crippen molar-refractivity contribution in [1.82, 2.24) is 0 Å². The van der Waals surface area contributed by atoms with Crippen molar-refractivity contribution in [2.45, 2.75) is 148 Å². The fraction of sp³-hybridized carbons (Fsp3) is 0.800. The van der Waals surface area contributed by atoms with Crippen LogP contribution in [0, 0.1) is 0 Å².